The highest BCUT2D eigenvalue weighted by Gasteiger charge is 2.29. The maximum absolute atomic E-state index is 13.0. The molecule has 5 rings (SSSR count). The number of Topliss-reactive ketones (excluding diaryl/α,β-unsaturated/α-hetero) is 2. The van der Waals surface area contributed by atoms with E-state index in [0.29, 0.717) is 24.3 Å². The minimum absolute atomic E-state index is 0.108. The largest absolute Gasteiger partial charge is 0.321 e. The Balaban J connectivity index is 1.54. The molecule has 1 saturated carbocycles. The number of ketones is 2. The zero-order chi connectivity index (χ0) is 25.2. The van der Waals surface area contributed by atoms with Crippen molar-refractivity contribution in [2.24, 2.45) is 5.92 Å². The van der Waals surface area contributed by atoms with Crippen LogP contribution in [0.2, 0.25) is 0 Å². The molecule has 0 amide bonds. The summed E-state index contributed by atoms with van der Waals surface area (Å²) in [5.41, 5.74) is 4.23. The van der Waals surface area contributed by atoms with Crippen LogP contribution in [0.1, 0.15) is 82.0 Å². The van der Waals surface area contributed by atoms with Gasteiger partial charge in [0.2, 0.25) is 0 Å². The molecule has 0 bridgehead atoms. The van der Waals surface area contributed by atoms with Gasteiger partial charge in [-0.05, 0) is 74.6 Å². The van der Waals surface area contributed by atoms with Crippen molar-refractivity contribution in [2.45, 2.75) is 58.4 Å². The van der Waals surface area contributed by atoms with Crippen LogP contribution < -0.4 is 0 Å². The van der Waals surface area contributed by atoms with Gasteiger partial charge in [0.25, 0.3) is 0 Å². The zero-order valence-corrected chi connectivity index (χ0v) is 21.6. The van der Waals surface area contributed by atoms with Crippen LogP contribution in [0.3, 0.4) is 0 Å². The lowest BCUT2D eigenvalue weighted by Gasteiger charge is -2.31. The lowest BCUT2D eigenvalue weighted by molar-refractivity contribution is 0.0944. The highest BCUT2D eigenvalue weighted by molar-refractivity contribution is 7.14. The third-order valence-corrected chi connectivity index (χ3v) is 8.31. The molecule has 0 saturated heterocycles. The number of carbonyl (C=O) groups is 2. The summed E-state index contributed by atoms with van der Waals surface area (Å²) in [6, 6.07) is 17.9. The second-order valence-electron chi connectivity index (χ2n) is 9.70. The topological polar surface area (TPSA) is 52.0 Å². The van der Waals surface area contributed by atoms with Gasteiger partial charge in [0.1, 0.15) is 5.82 Å². The van der Waals surface area contributed by atoms with Crippen LogP contribution in [-0.2, 0) is 0 Å². The van der Waals surface area contributed by atoms with Crippen LogP contribution in [-0.4, -0.2) is 21.1 Å². The van der Waals surface area contributed by atoms with Crippen molar-refractivity contribution in [3.63, 3.8) is 0 Å². The Morgan fingerprint density at radius 3 is 2.69 bits per heavy atom. The first kappa shape index (κ1) is 24.2. The first-order chi connectivity index (χ1) is 17.5. The summed E-state index contributed by atoms with van der Waals surface area (Å²) in [5.74, 6) is 4.33. The molecular formula is C31H30N2O2S. The number of aryl methyl sites for hydroxylation is 1. The van der Waals surface area contributed by atoms with Crippen LogP contribution in [0, 0.1) is 25.2 Å². The van der Waals surface area contributed by atoms with Gasteiger partial charge in [-0.3, -0.25) is 9.59 Å². The van der Waals surface area contributed by atoms with Crippen molar-refractivity contribution in [2.75, 3.05) is 0 Å². The van der Waals surface area contributed by atoms with E-state index in [0.717, 1.165) is 58.5 Å². The maximum Gasteiger partial charge on any atom is 0.173 e. The summed E-state index contributed by atoms with van der Waals surface area (Å²) in [7, 11) is 0. The van der Waals surface area contributed by atoms with Gasteiger partial charge in [0.05, 0.1) is 15.9 Å². The third-order valence-electron chi connectivity index (χ3n) is 7.27. The highest BCUT2D eigenvalue weighted by atomic mass is 32.1. The van der Waals surface area contributed by atoms with E-state index in [9.17, 15) is 9.59 Å². The zero-order valence-electron chi connectivity index (χ0n) is 20.8. The Morgan fingerprint density at radius 1 is 1.11 bits per heavy atom. The van der Waals surface area contributed by atoms with Gasteiger partial charge < -0.3 is 4.57 Å². The molecule has 2 aromatic heterocycles. The van der Waals surface area contributed by atoms with E-state index in [1.165, 1.54) is 4.88 Å². The van der Waals surface area contributed by atoms with Crippen molar-refractivity contribution >= 4 is 33.9 Å². The Hall–Kier alpha value is -3.49. The number of aromatic nitrogens is 2. The van der Waals surface area contributed by atoms with Crippen molar-refractivity contribution < 1.29 is 9.59 Å². The molecule has 0 unspecified atom stereocenters. The Bertz CT molecular complexity index is 1490. The van der Waals surface area contributed by atoms with Gasteiger partial charge in [-0.2, -0.15) is 0 Å². The maximum atomic E-state index is 13.0. The minimum atomic E-state index is 0.108. The molecule has 0 spiro atoms. The molecule has 1 aliphatic rings. The molecule has 4 nitrogen and oxygen atoms in total. The van der Waals surface area contributed by atoms with E-state index >= 15 is 0 Å². The second-order valence-corrected chi connectivity index (χ2v) is 11.0. The molecule has 1 fully saturated rings. The van der Waals surface area contributed by atoms with E-state index in [4.69, 9.17) is 11.4 Å². The molecule has 2 atom stereocenters. The number of imidazole rings is 1. The van der Waals surface area contributed by atoms with Gasteiger partial charge in [0.15, 0.2) is 11.6 Å². The summed E-state index contributed by atoms with van der Waals surface area (Å²) in [6.07, 6.45) is 11.0. The van der Waals surface area contributed by atoms with Crippen molar-refractivity contribution in [3.05, 3.63) is 75.5 Å². The van der Waals surface area contributed by atoms with Crippen molar-refractivity contribution in [1.82, 2.24) is 9.55 Å². The van der Waals surface area contributed by atoms with Crippen molar-refractivity contribution in [1.29, 1.82) is 0 Å². The number of fused-ring (bicyclic) bond motifs is 1. The minimum Gasteiger partial charge on any atom is -0.321 e. The smallest absolute Gasteiger partial charge is 0.173 e. The summed E-state index contributed by atoms with van der Waals surface area (Å²) in [6.45, 7) is 3.91. The van der Waals surface area contributed by atoms with Gasteiger partial charge in [-0.25, -0.2) is 4.98 Å². The van der Waals surface area contributed by atoms with Crippen molar-refractivity contribution in [3.8, 4) is 23.7 Å². The molecule has 0 N–H and O–H groups in total. The normalized spacial score (nSPS) is 17.7. The van der Waals surface area contributed by atoms with Gasteiger partial charge >= 0.3 is 0 Å². The third kappa shape index (κ3) is 4.66. The van der Waals surface area contributed by atoms with Crippen LogP contribution in [0.5, 0.6) is 0 Å². The predicted molar refractivity (Wildman–Crippen MR) is 147 cm³/mol. The molecule has 5 heteroatoms. The number of benzene rings is 2. The van der Waals surface area contributed by atoms with E-state index in [1.54, 1.807) is 11.3 Å². The first-order valence-corrected chi connectivity index (χ1v) is 13.5. The lowest BCUT2D eigenvalue weighted by atomic mass is 9.82. The Labute approximate surface area is 216 Å². The number of terminal acetylenes is 1. The fraction of sp³-hybridized carbons (Fsp3) is 0.323. The molecule has 36 heavy (non-hydrogen) atoms. The number of carbonyl (C=O) groups excluding carboxylic acids is 2. The fourth-order valence-corrected chi connectivity index (χ4v) is 6.29. The summed E-state index contributed by atoms with van der Waals surface area (Å²) in [4.78, 5) is 32.4. The fourth-order valence-electron chi connectivity index (χ4n) is 5.47. The molecule has 0 aliphatic heterocycles. The second kappa shape index (κ2) is 10.2. The molecule has 1 aliphatic carbocycles. The molecule has 2 aromatic carbocycles. The van der Waals surface area contributed by atoms with Gasteiger partial charge in [-0.15, -0.1) is 17.8 Å². The molecular weight excluding hydrogens is 464 g/mol. The number of hydrogen-bond donors (Lipinski definition) is 0. The molecule has 2 heterocycles. The standard InChI is InChI=1S/C31H30N2O2S/c1-4-22-10-6-7-12-25(22)31-32-26-19-23(28(34)5-2)14-15-27(26)33(31)24-11-8-9-21(17-24)18-29(35)30-16-13-20(3)36-30/h1,6-7,10,12-16,19,21,24H,5,8-9,11,17-18H2,2-3H3/t21-,24+/m1/s1. The van der Waals surface area contributed by atoms with Gasteiger partial charge in [0, 0.05) is 40.5 Å². The van der Waals surface area contributed by atoms with Crippen LogP contribution in [0.4, 0.5) is 0 Å². The average Bonchev–Trinajstić information content (AvgIpc) is 3.51. The Kier molecular flexibility index (Phi) is 6.89. The summed E-state index contributed by atoms with van der Waals surface area (Å²) >= 11 is 1.58. The van der Waals surface area contributed by atoms with E-state index in [2.05, 4.69) is 10.5 Å². The van der Waals surface area contributed by atoms with Crippen LogP contribution >= 0.6 is 11.3 Å². The van der Waals surface area contributed by atoms with Crippen LogP contribution in [0.25, 0.3) is 22.4 Å². The molecule has 182 valence electrons. The van der Waals surface area contributed by atoms with E-state index in [-0.39, 0.29) is 17.6 Å². The summed E-state index contributed by atoms with van der Waals surface area (Å²) in [5, 5.41) is 0. The number of thiophene rings is 1. The van der Waals surface area contributed by atoms with Gasteiger partial charge in [-0.1, -0.05) is 31.4 Å². The Morgan fingerprint density at radius 2 is 1.94 bits per heavy atom. The first-order valence-electron chi connectivity index (χ1n) is 12.7. The lowest BCUT2D eigenvalue weighted by Crippen LogP contribution is -2.22. The SMILES string of the molecule is C#Cc1ccccc1-c1nc2cc(C(=O)CC)ccc2n1[C@H]1CCC[C@@H](CC(=O)c2ccc(C)s2)C1. The molecule has 0 radical (unpaired) electrons. The molecule has 4 aromatic rings. The van der Waals surface area contributed by atoms with Crippen LogP contribution in [0.15, 0.2) is 54.6 Å². The number of nitrogens with zero attached hydrogens (tertiary/aromatic N) is 2. The number of rotatable bonds is 7. The number of hydrogen-bond acceptors (Lipinski definition) is 4. The predicted octanol–water partition coefficient (Wildman–Crippen LogP) is 7.65. The highest BCUT2D eigenvalue weighted by Crippen LogP contribution is 2.40. The summed E-state index contributed by atoms with van der Waals surface area (Å²) < 4.78 is 2.32. The van der Waals surface area contributed by atoms with E-state index in [1.807, 2.05) is 68.4 Å². The average molecular weight is 495 g/mol. The van der Waals surface area contributed by atoms with E-state index < -0.39 is 0 Å². The monoisotopic (exact) mass is 494 g/mol. The quantitative estimate of drug-likeness (QED) is 0.196.